The molecule has 1 aliphatic rings. The molecule has 10 heteroatoms. The number of carbonyl (C=O) groups excluding carboxylic acids is 1. The van der Waals surface area contributed by atoms with Crippen molar-refractivity contribution in [2.75, 3.05) is 18.0 Å². The molecular weight excluding hydrogens is 473 g/mol. The number of ether oxygens (including phenoxy) is 2. The lowest BCUT2D eigenvalue weighted by atomic mass is 10.1. The number of methoxy groups -OCH3 is 1. The van der Waals surface area contributed by atoms with E-state index in [2.05, 4.69) is 14.7 Å². The molecule has 35 heavy (non-hydrogen) atoms. The third kappa shape index (κ3) is 5.43. The molecule has 8 nitrogen and oxygen atoms in total. The predicted molar refractivity (Wildman–Crippen MR) is 128 cm³/mol. The Labute approximate surface area is 203 Å². The largest absolute Gasteiger partial charge is 0.485 e. The monoisotopic (exact) mass is 499 g/mol. The number of fused-ring (bicyclic) bond motifs is 1. The van der Waals surface area contributed by atoms with Crippen molar-refractivity contribution < 1.29 is 27.1 Å². The number of esters is 1. The van der Waals surface area contributed by atoms with E-state index in [1.807, 2.05) is 6.07 Å². The number of aryl methyl sites for hydroxylation is 2. The van der Waals surface area contributed by atoms with Crippen LogP contribution in [-0.2, 0) is 34.2 Å². The van der Waals surface area contributed by atoms with Gasteiger partial charge in [-0.25, -0.2) is 17.6 Å². The SMILES string of the molecule is COC(=O)c1ccc(COc2cc3c(cc2N(C[C@H](C)F)S(=O)(=O)c2cccnc2)CCC3)nc1. The number of pyridine rings is 2. The zero-order valence-corrected chi connectivity index (χ0v) is 20.3. The third-order valence-corrected chi connectivity index (χ3v) is 7.47. The van der Waals surface area contributed by atoms with Crippen LogP contribution in [0.4, 0.5) is 10.1 Å². The maximum Gasteiger partial charge on any atom is 0.339 e. The van der Waals surface area contributed by atoms with Gasteiger partial charge in [-0.05, 0) is 73.7 Å². The average Bonchev–Trinajstić information content (AvgIpc) is 3.33. The van der Waals surface area contributed by atoms with Crippen molar-refractivity contribution in [3.05, 3.63) is 77.4 Å². The number of hydrogen-bond acceptors (Lipinski definition) is 7. The van der Waals surface area contributed by atoms with E-state index in [1.165, 1.54) is 44.8 Å². The van der Waals surface area contributed by atoms with Gasteiger partial charge in [-0.15, -0.1) is 0 Å². The molecule has 184 valence electrons. The zero-order chi connectivity index (χ0) is 25.0. The molecule has 1 atom stereocenters. The second-order valence-electron chi connectivity index (χ2n) is 8.27. The van der Waals surface area contributed by atoms with Crippen LogP contribution in [0.3, 0.4) is 0 Å². The number of hydrogen-bond donors (Lipinski definition) is 0. The summed E-state index contributed by atoms with van der Waals surface area (Å²) in [6.45, 7) is 0.962. The smallest absolute Gasteiger partial charge is 0.339 e. The van der Waals surface area contributed by atoms with Gasteiger partial charge < -0.3 is 9.47 Å². The summed E-state index contributed by atoms with van der Waals surface area (Å²) in [6, 6.07) is 9.77. The molecule has 0 unspecified atom stereocenters. The Bertz CT molecular complexity index is 1300. The van der Waals surface area contributed by atoms with Gasteiger partial charge in [0.05, 0.1) is 30.6 Å². The summed E-state index contributed by atoms with van der Waals surface area (Å²) in [5.74, 6) is -0.180. The average molecular weight is 500 g/mol. The van der Waals surface area contributed by atoms with Gasteiger partial charge >= 0.3 is 5.97 Å². The molecule has 2 aromatic heterocycles. The van der Waals surface area contributed by atoms with Crippen LogP contribution in [0.25, 0.3) is 0 Å². The highest BCUT2D eigenvalue weighted by Gasteiger charge is 2.31. The Morgan fingerprint density at radius 2 is 1.94 bits per heavy atom. The second kappa shape index (κ2) is 10.4. The maximum absolute atomic E-state index is 14.3. The van der Waals surface area contributed by atoms with Crippen molar-refractivity contribution in [2.24, 2.45) is 0 Å². The van der Waals surface area contributed by atoms with Crippen LogP contribution in [0.15, 0.2) is 59.9 Å². The van der Waals surface area contributed by atoms with Crippen molar-refractivity contribution in [1.82, 2.24) is 9.97 Å². The molecule has 0 amide bonds. The molecule has 2 heterocycles. The zero-order valence-electron chi connectivity index (χ0n) is 19.5. The molecule has 0 radical (unpaired) electrons. The van der Waals surface area contributed by atoms with E-state index in [9.17, 15) is 17.6 Å². The van der Waals surface area contributed by atoms with Crippen molar-refractivity contribution in [3.8, 4) is 5.75 Å². The Morgan fingerprint density at radius 3 is 2.57 bits per heavy atom. The first-order chi connectivity index (χ1) is 16.8. The fraction of sp³-hybridized carbons (Fsp3) is 0.320. The third-order valence-electron chi connectivity index (χ3n) is 5.70. The van der Waals surface area contributed by atoms with Crippen molar-refractivity contribution >= 4 is 21.7 Å². The van der Waals surface area contributed by atoms with Crippen molar-refractivity contribution in [1.29, 1.82) is 0 Å². The van der Waals surface area contributed by atoms with Crippen molar-refractivity contribution in [3.63, 3.8) is 0 Å². The van der Waals surface area contributed by atoms with Gasteiger partial charge in [0.1, 0.15) is 23.4 Å². The van der Waals surface area contributed by atoms with Crippen LogP contribution >= 0.6 is 0 Å². The summed E-state index contributed by atoms with van der Waals surface area (Å²) in [5, 5.41) is 0. The van der Waals surface area contributed by atoms with E-state index in [1.54, 1.807) is 18.2 Å². The molecule has 1 aliphatic carbocycles. The first kappa shape index (κ1) is 24.6. The minimum Gasteiger partial charge on any atom is -0.485 e. The van der Waals surface area contributed by atoms with Crippen LogP contribution in [0.1, 0.15) is 40.5 Å². The minimum atomic E-state index is -4.11. The highest BCUT2D eigenvalue weighted by atomic mass is 32.2. The highest BCUT2D eigenvalue weighted by molar-refractivity contribution is 7.92. The van der Waals surface area contributed by atoms with Crippen LogP contribution in [0.5, 0.6) is 5.75 Å². The summed E-state index contributed by atoms with van der Waals surface area (Å²) in [5.41, 5.74) is 3.20. The van der Waals surface area contributed by atoms with Gasteiger partial charge in [0.25, 0.3) is 10.0 Å². The topological polar surface area (TPSA) is 98.7 Å². The summed E-state index contributed by atoms with van der Waals surface area (Å²) in [6.07, 6.45) is 5.30. The molecule has 3 aromatic rings. The molecule has 0 spiro atoms. The van der Waals surface area contributed by atoms with Gasteiger partial charge in [0.15, 0.2) is 0 Å². The second-order valence-corrected chi connectivity index (χ2v) is 10.1. The lowest BCUT2D eigenvalue weighted by Gasteiger charge is -2.27. The molecule has 0 saturated carbocycles. The standard InChI is InChI=1S/C25H26FN3O5S/c1-17(26)15-29(35(31,32)22-7-4-10-27-14-22)23-11-18-5-3-6-19(18)12-24(23)34-16-21-9-8-20(13-28-21)25(30)33-2/h4,7-14,17H,3,5-6,15-16H2,1-2H3/t17-/m0/s1. The highest BCUT2D eigenvalue weighted by Crippen LogP contribution is 2.38. The maximum atomic E-state index is 14.3. The summed E-state index contributed by atoms with van der Waals surface area (Å²) in [7, 11) is -2.82. The lowest BCUT2D eigenvalue weighted by molar-refractivity contribution is 0.0600. The van der Waals surface area contributed by atoms with E-state index < -0.39 is 22.2 Å². The summed E-state index contributed by atoms with van der Waals surface area (Å²) < 4.78 is 53.1. The van der Waals surface area contributed by atoms with E-state index in [4.69, 9.17) is 4.74 Å². The number of aromatic nitrogens is 2. The molecule has 1 aromatic carbocycles. The molecule has 0 N–H and O–H groups in total. The van der Waals surface area contributed by atoms with Gasteiger partial charge in [0.2, 0.25) is 0 Å². The fourth-order valence-electron chi connectivity index (χ4n) is 3.98. The minimum absolute atomic E-state index is 0.0270. The lowest BCUT2D eigenvalue weighted by Crippen LogP contribution is -2.36. The number of halogens is 1. The van der Waals surface area contributed by atoms with E-state index >= 15 is 0 Å². The van der Waals surface area contributed by atoms with Crippen LogP contribution in [0, 0.1) is 0 Å². The first-order valence-electron chi connectivity index (χ1n) is 11.2. The molecular formula is C25H26FN3O5S. The number of carbonyl (C=O) groups is 1. The van der Waals surface area contributed by atoms with Crippen molar-refractivity contribution in [2.45, 2.75) is 43.9 Å². The number of alkyl halides is 1. The number of anilines is 1. The molecule has 0 saturated heterocycles. The van der Waals surface area contributed by atoms with E-state index in [0.29, 0.717) is 17.0 Å². The Morgan fingerprint density at radius 1 is 1.17 bits per heavy atom. The normalized spacial score (nSPS) is 13.7. The van der Waals surface area contributed by atoms with Crippen LogP contribution in [-0.4, -0.2) is 44.2 Å². The predicted octanol–water partition coefficient (Wildman–Crippen LogP) is 3.88. The van der Waals surface area contributed by atoms with Gasteiger partial charge in [-0.3, -0.25) is 14.3 Å². The summed E-state index contributed by atoms with van der Waals surface area (Å²) in [4.78, 5) is 19.7. The van der Waals surface area contributed by atoms with Gasteiger partial charge in [-0.2, -0.15) is 0 Å². The Balaban J connectivity index is 1.71. The first-order valence-corrected chi connectivity index (χ1v) is 12.6. The number of benzene rings is 1. The van der Waals surface area contributed by atoms with Gasteiger partial charge in [-0.1, -0.05) is 0 Å². The van der Waals surface area contributed by atoms with Crippen LogP contribution in [0.2, 0.25) is 0 Å². The quantitative estimate of drug-likeness (QED) is 0.412. The number of rotatable bonds is 9. The molecule has 0 aliphatic heterocycles. The van der Waals surface area contributed by atoms with Gasteiger partial charge in [0, 0.05) is 18.6 Å². The molecule has 0 bridgehead atoms. The fourth-order valence-corrected chi connectivity index (χ4v) is 5.48. The number of nitrogens with zero attached hydrogens (tertiary/aromatic N) is 3. The number of sulfonamides is 1. The van der Waals surface area contributed by atoms with E-state index in [-0.39, 0.29) is 23.7 Å². The van der Waals surface area contributed by atoms with Crippen LogP contribution < -0.4 is 9.04 Å². The Hall–Kier alpha value is -3.53. The molecule has 4 rings (SSSR count). The van der Waals surface area contributed by atoms with E-state index in [0.717, 1.165) is 34.7 Å². The molecule has 0 fully saturated rings. The Kier molecular flexibility index (Phi) is 7.30. The summed E-state index contributed by atoms with van der Waals surface area (Å²) >= 11 is 0.